The fourth-order valence-electron chi connectivity index (χ4n) is 1.43. The van der Waals surface area contributed by atoms with Crippen molar-refractivity contribution >= 4 is 6.09 Å². The first kappa shape index (κ1) is 20.9. The third-order valence-electron chi connectivity index (χ3n) is 2.79. The third kappa shape index (κ3) is 10.3. The highest BCUT2D eigenvalue weighted by atomic mass is 16.6. The van der Waals surface area contributed by atoms with Gasteiger partial charge in [0, 0.05) is 26.2 Å². The Morgan fingerprint density at radius 1 is 1.35 bits per heavy atom. The summed E-state index contributed by atoms with van der Waals surface area (Å²) in [5, 5.41) is 22.4. The van der Waals surface area contributed by atoms with Gasteiger partial charge in [-0.2, -0.15) is 0 Å². The van der Waals surface area contributed by atoms with Crippen LogP contribution in [0.1, 0.15) is 48.0 Å². The molecule has 0 bridgehead atoms. The van der Waals surface area contributed by atoms with E-state index in [0.29, 0.717) is 17.7 Å². The lowest BCUT2D eigenvalue weighted by Crippen LogP contribution is -2.33. The average Bonchev–Trinajstić information content (AvgIpc) is 2.43. The molecule has 0 aromatic rings. The van der Waals surface area contributed by atoms with Gasteiger partial charge in [0.2, 0.25) is 0 Å². The topological polar surface area (TPSA) is 86.5 Å². The molecule has 132 valence electrons. The summed E-state index contributed by atoms with van der Waals surface area (Å²) in [5.74, 6) is 0.0826. The molecule has 2 N–H and O–H groups in total. The predicted molar refractivity (Wildman–Crippen MR) is 91.1 cm³/mol. The zero-order valence-electron chi connectivity index (χ0n) is 15.3. The van der Waals surface area contributed by atoms with E-state index in [1.165, 1.54) is 6.08 Å². The van der Waals surface area contributed by atoms with E-state index >= 15 is 0 Å². The molecule has 0 spiro atoms. The summed E-state index contributed by atoms with van der Waals surface area (Å²) in [6.07, 6.45) is 1.61. The molecule has 0 fully saturated rings. The molecule has 0 aliphatic rings. The van der Waals surface area contributed by atoms with E-state index in [-0.39, 0.29) is 12.3 Å². The Labute approximate surface area is 139 Å². The second-order valence-electron chi connectivity index (χ2n) is 6.15. The van der Waals surface area contributed by atoms with Gasteiger partial charge >= 0.3 is 6.09 Å². The molecule has 0 heterocycles. The predicted octanol–water partition coefficient (Wildman–Crippen LogP) is 3.96. The standard InChI is InChI=1S/C16H30N4O3/c1-8-13(11-17-15(22)23-16(4,5)6)14(21)10-12(3)18-19-20(7)9-2/h10,21H,8-9,11H2,1-7H3,(H,17,22)/b12-10+,14-13-,19-18?. The van der Waals surface area contributed by atoms with Gasteiger partial charge in [-0.05, 0) is 46.6 Å². The number of ether oxygens (including phenoxy) is 1. The van der Waals surface area contributed by atoms with Gasteiger partial charge in [0.15, 0.2) is 0 Å². The number of alkyl carbamates (subject to hydrolysis) is 1. The maximum Gasteiger partial charge on any atom is 0.407 e. The number of hydrogen-bond donors (Lipinski definition) is 2. The molecule has 1 amide bonds. The molecule has 7 heteroatoms. The monoisotopic (exact) mass is 326 g/mol. The van der Waals surface area contributed by atoms with Crippen molar-refractivity contribution in [1.29, 1.82) is 0 Å². The van der Waals surface area contributed by atoms with Crippen molar-refractivity contribution < 1.29 is 14.6 Å². The van der Waals surface area contributed by atoms with Crippen LogP contribution in [-0.4, -0.2) is 41.9 Å². The summed E-state index contributed by atoms with van der Waals surface area (Å²) < 4.78 is 5.16. The second-order valence-corrected chi connectivity index (χ2v) is 6.15. The van der Waals surface area contributed by atoms with E-state index in [2.05, 4.69) is 15.7 Å². The fraction of sp³-hybridized carbons (Fsp3) is 0.688. The number of allylic oxidation sites excluding steroid dienone is 2. The fourth-order valence-corrected chi connectivity index (χ4v) is 1.43. The number of amides is 1. The molecule has 0 radical (unpaired) electrons. The summed E-state index contributed by atoms with van der Waals surface area (Å²) in [6.45, 7) is 12.0. The van der Waals surface area contributed by atoms with Crippen molar-refractivity contribution in [3.8, 4) is 0 Å². The minimum absolute atomic E-state index is 0.0826. The van der Waals surface area contributed by atoms with Crippen molar-refractivity contribution in [2.45, 2.75) is 53.6 Å². The zero-order chi connectivity index (χ0) is 18.0. The van der Waals surface area contributed by atoms with Gasteiger partial charge in [-0.3, -0.25) is 5.01 Å². The van der Waals surface area contributed by atoms with E-state index in [0.717, 1.165) is 6.54 Å². The summed E-state index contributed by atoms with van der Waals surface area (Å²) in [4.78, 5) is 11.6. The van der Waals surface area contributed by atoms with Crippen molar-refractivity contribution in [1.82, 2.24) is 10.3 Å². The van der Waals surface area contributed by atoms with Crippen LogP contribution in [-0.2, 0) is 4.74 Å². The molecule has 23 heavy (non-hydrogen) atoms. The highest BCUT2D eigenvalue weighted by Gasteiger charge is 2.16. The van der Waals surface area contributed by atoms with E-state index in [4.69, 9.17) is 4.74 Å². The van der Waals surface area contributed by atoms with E-state index in [9.17, 15) is 9.90 Å². The van der Waals surface area contributed by atoms with Gasteiger partial charge < -0.3 is 15.2 Å². The Morgan fingerprint density at radius 2 is 1.96 bits per heavy atom. The quantitative estimate of drug-likeness (QED) is 0.321. The molecule has 0 rings (SSSR count). The van der Waals surface area contributed by atoms with Crippen LogP contribution >= 0.6 is 0 Å². The van der Waals surface area contributed by atoms with Crippen LogP contribution in [0.2, 0.25) is 0 Å². The Morgan fingerprint density at radius 3 is 2.43 bits per heavy atom. The lowest BCUT2D eigenvalue weighted by Gasteiger charge is -2.20. The minimum Gasteiger partial charge on any atom is -0.508 e. The maximum atomic E-state index is 11.6. The third-order valence-corrected chi connectivity index (χ3v) is 2.79. The van der Waals surface area contributed by atoms with Crippen LogP contribution in [0.25, 0.3) is 0 Å². The summed E-state index contributed by atoms with van der Waals surface area (Å²) >= 11 is 0. The number of nitrogens with zero attached hydrogens (tertiary/aromatic N) is 3. The molecular formula is C16H30N4O3. The van der Waals surface area contributed by atoms with Crippen LogP contribution < -0.4 is 5.32 Å². The number of aliphatic hydroxyl groups is 1. The molecule has 0 aromatic carbocycles. The molecule has 0 atom stereocenters. The van der Waals surface area contributed by atoms with Gasteiger partial charge in [-0.15, -0.1) is 5.11 Å². The first-order valence-electron chi connectivity index (χ1n) is 7.78. The normalized spacial score (nSPS) is 13.8. The lowest BCUT2D eigenvalue weighted by atomic mass is 10.1. The average molecular weight is 326 g/mol. The van der Waals surface area contributed by atoms with Gasteiger partial charge in [0.05, 0.1) is 5.70 Å². The molecule has 7 nitrogen and oxygen atoms in total. The first-order chi connectivity index (χ1) is 10.6. The van der Waals surface area contributed by atoms with Crippen LogP contribution in [0, 0.1) is 0 Å². The van der Waals surface area contributed by atoms with Crippen LogP contribution in [0.5, 0.6) is 0 Å². The van der Waals surface area contributed by atoms with E-state index in [1.807, 2.05) is 20.9 Å². The molecule has 0 saturated heterocycles. The van der Waals surface area contributed by atoms with Gasteiger partial charge in [0.1, 0.15) is 11.4 Å². The smallest absolute Gasteiger partial charge is 0.407 e. The number of aliphatic hydroxyl groups excluding tert-OH is 1. The number of carbonyl (C=O) groups excluding carboxylic acids is 1. The molecule has 0 aliphatic heterocycles. The number of rotatable bonds is 7. The first-order valence-corrected chi connectivity index (χ1v) is 7.78. The highest BCUT2D eigenvalue weighted by Crippen LogP contribution is 2.11. The van der Waals surface area contributed by atoms with Crippen molar-refractivity contribution in [2.24, 2.45) is 10.3 Å². The van der Waals surface area contributed by atoms with Crippen LogP contribution in [0.15, 0.2) is 33.4 Å². The lowest BCUT2D eigenvalue weighted by molar-refractivity contribution is 0.0532. The van der Waals surface area contributed by atoms with E-state index in [1.54, 1.807) is 32.7 Å². The highest BCUT2D eigenvalue weighted by molar-refractivity contribution is 5.68. The van der Waals surface area contributed by atoms with Crippen LogP contribution in [0.4, 0.5) is 4.79 Å². The molecule has 0 unspecified atom stereocenters. The van der Waals surface area contributed by atoms with Crippen LogP contribution in [0.3, 0.4) is 0 Å². The second kappa shape index (κ2) is 9.86. The molecule has 0 saturated carbocycles. The zero-order valence-corrected chi connectivity index (χ0v) is 15.3. The Hall–Kier alpha value is -2.05. The SMILES string of the molecule is CC/C(CNC(=O)OC(C)(C)C)=C(O)\C=C(/C)N=NN(C)CC. The summed E-state index contributed by atoms with van der Waals surface area (Å²) in [7, 11) is 1.81. The number of carbonyl (C=O) groups is 1. The van der Waals surface area contributed by atoms with Gasteiger partial charge in [-0.25, -0.2) is 4.79 Å². The van der Waals surface area contributed by atoms with Crippen molar-refractivity contribution in [3.05, 3.63) is 23.1 Å². The van der Waals surface area contributed by atoms with Crippen molar-refractivity contribution in [3.63, 3.8) is 0 Å². The molecule has 0 aliphatic carbocycles. The Bertz CT molecular complexity index is 476. The maximum absolute atomic E-state index is 11.6. The number of hydrogen-bond acceptors (Lipinski definition) is 5. The minimum atomic E-state index is -0.551. The van der Waals surface area contributed by atoms with E-state index < -0.39 is 11.7 Å². The van der Waals surface area contributed by atoms with Gasteiger partial charge in [0.25, 0.3) is 0 Å². The Kier molecular flexibility index (Phi) is 8.98. The molecular weight excluding hydrogens is 296 g/mol. The Balaban J connectivity index is 4.81. The summed E-state index contributed by atoms with van der Waals surface area (Å²) in [6, 6.07) is 0. The number of nitrogens with one attached hydrogen (secondary N) is 1. The van der Waals surface area contributed by atoms with Crippen molar-refractivity contribution in [2.75, 3.05) is 20.1 Å². The summed E-state index contributed by atoms with van der Waals surface area (Å²) in [5.41, 5.74) is 0.713. The largest absolute Gasteiger partial charge is 0.508 e. The van der Waals surface area contributed by atoms with Gasteiger partial charge in [-0.1, -0.05) is 12.1 Å². The molecule has 0 aromatic heterocycles.